The molecule has 6 heteroatoms. The van der Waals surface area contributed by atoms with Gasteiger partial charge >= 0.3 is 0 Å². The second-order valence-corrected chi connectivity index (χ2v) is 5.31. The quantitative estimate of drug-likeness (QED) is 0.185. The Balaban J connectivity index is 0.00000576. The summed E-state index contributed by atoms with van der Waals surface area (Å²) >= 11 is 0. The molecule has 0 amide bonds. The van der Waals surface area contributed by atoms with Crippen LogP contribution in [0.5, 0.6) is 11.5 Å². The van der Waals surface area contributed by atoms with E-state index in [-0.39, 0.29) is 30.6 Å². The molecule has 1 aromatic rings. The van der Waals surface area contributed by atoms with Crippen LogP contribution in [0.4, 0.5) is 0 Å². The number of hydrogen-bond acceptors (Lipinski definition) is 3. The Morgan fingerprint density at radius 2 is 2.00 bits per heavy atom. The van der Waals surface area contributed by atoms with Crippen molar-refractivity contribution in [1.82, 2.24) is 10.6 Å². The first-order valence-electron chi connectivity index (χ1n) is 8.50. The van der Waals surface area contributed by atoms with E-state index in [1.54, 1.807) is 7.11 Å². The fraction of sp³-hybridized carbons (Fsp3) is 0.526. The summed E-state index contributed by atoms with van der Waals surface area (Å²) in [6.45, 7) is 6.78. The van der Waals surface area contributed by atoms with Gasteiger partial charge in [-0.25, -0.2) is 4.99 Å². The average molecular weight is 459 g/mol. The summed E-state index contributed by atoms with van der Waals surface area (Å²) in [7, 11) is 1.61. The molecule has 0 atom stereocenters. The van der Waals surface area contributed by atoms with Gasteiger partial charge in [-0.1, -0.05) is 31.8 Å². The number of rotatable bonds is 10. The Labute approximate surface area is 169 Å². The molecule has 0 unspecified atom stereocenters. The zero-order valence-electron chi connectivity index (χ0n) is 15.4. The molecular formula is C19H30IN3O2. The lowest BCUT2D eigenvalue weighted by atomic mass is 10.2. The third-order valence-electron chi connectivity index (χ3n) is 3.38. The van der Waals surface area contributed by atoms with E-state index in [9.17, 15) is 0 Å². The van der Waals surface area contributed by atoms with Crippen molar-refractivity contribution >= 4 is 29.9 Å². The maximum atomic E-state index is 5.52. The summed E-state index contributed by atoms with van der Waals surface area (Å²) < 4.78 is 10.8. The molecule has 0 aromatic heterocycles. The molecule has 2 N–H and O–H groups in total. The van der Waals surface area contributed by atoms with E-state index in [0.717, 1.165) is 31.0 Å². The molecule has 1 aromatic carbocycles. The van der Waals surface area contributed by atoms with E-state index in [1.807, 2.05) is 18.2 Å². The number of nitrogens with zero attached hydrogens (tertiary/aromatic N) is 1. The van der Waals surface area contributed by atoms with Gasteiger partial charge in [-0.05, 0) is 31.0 Å². The first kappa shape index (κ1) is 23.4. The number of terminal acetylenes is 1. The first-order chi connectivity index (χ1) is 11.7. The van der Waals surface area contributed by atoms with Crippen molar-refractivity contribution in [2.45, 2.75) is 39.7 Å². The standard InChI is InChI=1S/C19H29N3O2.HI/c1-5-8-9-12-21-19(20-7-3)22-15-16-10-11-17(23-4)18(14-16)24-13-6-2;/h2,10-11,14H,5,7-9,12-13,15H2,1,3-4H3,(H2,20,21,22);1H. The summed E-state index contributed by atoms with van der Waals surface area (Å²) in [5.41, 5.74) is 1.04. The molecule has 0 radical (unpaired) electrons. The Morgan fingerprint density at radius 3 is 2.64 bits per heavy atom. The third-order valence-corrected chi connectivity index (χ3v) is 3.38. The van der Waals surface area contributed by atoms with Crippen molar-refractivity contribution in [1.29, 1.82) is 0 Å². The highest BCUT2D eigenvalue weighted by Gasteiger charge is 2.06. The van der Waals surface area contributed by atoms with E-state index >= 15 is 0 Å². The molecule has 0 saturated carbocycles. The van der Waals surface area contributed by atoms with Gasteiger partial charge in [0.2, 0.25) is 0 Å². The van der Waals surface area contributed by atoms with Gasteiger partial charge in [-0.3, -0.25) is 0 Å². The van der Waals surface area contributed by atoms with Crippen LogP contribution in [0.15, 0.2) is 23.2 Å². The number of methoxy groups -OCH3 is 1. The van der Waals surface area contributed by atoms with Crippen molar-refractivity contribution in [2.24, 2.45) is 4.99 Å². The molecule has 0 saturated heterocycles. The molecular weight excluding hydrogens is 429 g/mol. The molecule has 0 aliphatic carbocycles. The molecule has 0 bridgehead atoms. The van der Waals surface area contributed by atoms with Crippen LogP contribution in [-0.4, -0.2) is 32.8 Å². The Bertz CT molecular complexity index is 556. The maximum Gasteiger partial charge on any atom is 0.191 e. The average Bonchev–Trinajstić information content (AvgIpc) is 2.61. The van der Waals surface area contributed by atoms with E-state index in [2.05, 4.69) is 35.4 Å². The van der Waals surface area contributed by atoms with Crippen LogP contribution in [0.2, 0.25) is 0 Å². The number of aliphatic imine (C=N–C) groups is 1. The molecule has 0 spiro atoms. The fourth-order valence-corrected chi connectivity index (χ4v) is 2.15. The fourth-order valence-electron chi connectivity index (χ4n) is 2.15. The Hall–Kier alpha value is -1.62. The second kappa shape index (κ2) is 14.7. The smallest absolute Gasteiger partial charge is 0.191 e. The van der Waals surface area contributed by atoms with E-state index in [4.69, 9.17) is 15.9 Å². The highest BCUT2D eigenvalue weighted by molar-refractivity contribution is 14.0. The third kappa shape index (κ3) is 9.44. The predicted molar refractivity (Wildman–Crippen MR) is 115 cm³/mol. The van der Waals surface area contributed by atoms with Gasteiger partial charge in [0.05, 0.1) is 13.7 Å². The minimum absolute atomic E-state index is 0. The molecule has 0 aliphatic heterocycles. The minimum atomic E-state index is 0. The lowest BCUT2D eigenvalue weighted by molar-refractivity contribution is 0.330. The maximum absolute atomic E-state index is 5.52. The van der Waals surface area contributed by atoms with Gasteiger partial charge in [0.15, 0.2) is 17.5 Å². The molecule has 1 rings (SSSR count). The monoisotopic (exact) mass is 459 g/mol. The second-order valence-electron chi connectivity index (χ2n) is 5.31. The van der Waals surface area contributed by atoms with Crippen LogP contribution < -0.4 is 20.1 Å². The van der Waals surface area contributed by atoms with Gasteiger partial charge in [0, 0.05) is 13.1 Å². The van der Waals surface area contributed by atoms with Crippen LogP contribution in [0.25, 0.3) is 0 Å². The lowest BCUT2D eigenvalue weighted by Crippen LogP contribution is -2.37. The summed E-state index contributed by atoms with van der Waals surface area (Å²) in [5, 5.41) is 6.61. The van der Waals surface area contributed by atoms with Crippen LogP contribution in [-0.2, 0) is 6.54 Å². The topological polar surface area (TPSA) is 54.9 Å². The van der Waals surface area contributed by atoms with Gasteiger partial charge in [-0.2, -0.15) is 0 Å². The molecule has 0 heterocycles. The molecule has 5 nitrogen and oxygen atoms in total. The van der Waals surface area contributed by atoms with Gasteiger partial charge < -0.3 is 20.1 Å². The number of guanidine groups is 1. The van der Waals surface area contributed by atoms with Crippen LogP contribution >= 0.6 is 24.0 Å². The number of ether oxygens (including phenoxy) is 2. The van der Waals surface area contributed by atoms with E-state index in [1.165, 1.54) is 12.8 Å². The predicted octanol–water partition coefficient (Wildman–Crippen LogP) is 3.57. The highest BCUT2D eigenvalue weighted by Crippen LogP contribution is 2.28. The summed E-state index contributed by atoms with van der Waals surface area (Å²) in [6, 6.07) is 5.77. The van der Waals surface area contributed by atoms with Crippen molar-refractivity contribution in [2.75, 3.05) is 26.8 Å². The Kier molecular flexibility index (Phi) is 13.7. The molecule has 0 aliphatic rings. The first-order valence-corrected chi connectivity index (χ1v) is 8.50. The van der Waals surface area contributed by atoms with E-state index in [0.29, 0.717) is 18.0 Å². The zero-order chi connectivity index (χ0) is 17.6. The molecule has 140 valence electrons. The Morgan fingerprint density at radius 1 is 1.20 bits per heavy atom. The van der Waals surface area contributed by atoms with Crippen LogP contribution in [0.3, 0.4) is 0 Å². The van der Waals surface area contributed by atoms with E-state index < -0.39 is 0 Å². The normalized spacial score (nSPS) is 10.4. The van der Waals surface area contributed by atoms with Crippen molar-refractivity contribution < 1.29 is 9.47 Å². The van der Waals surface area contributed by atoms with Gasteiger partial charge in [0.1, 0.15) is 6.61 Å². The zero-order valence-corrected chi connectivity index (χ0v) is 17.8. The lowest BCUT2D eigenvalue weighted by Gasteiger charge is -2.12. The highest BCUT2D eigenvalue weighted by atomic mass is 127. The van der Waals surface area contributed by atoms with Crippen molar-refractivity contribution in [3.8, 4) is 23.8 Å². The van der Waals surface area contributed by atoms with Crippen molar-refractivity contribution in [3.63, 3.8) is 0 Å². The number of hydrogen-bond donors (Lipinski definition) is 2. The largest absolute Gasteiger partial charge is 0.493 e. The number of unbranched alkanes of at least 4 members (excludes halogenated alkanes) is 2. The minimum Gasteiger partial charge on any atom is -0.493 e. The SMILES string of the molecule is C#CCOc1cc(CN=C(NCC)NCCCCC)ccc1OC.I. The van der Waals surface area contributed by atoms with Gasteiger partial charge in [0.25, 0.3) is 0 Å². The van der Waals surface area contributed by atoms with Crippen LogP contribution in [0, 0.1) is 12.3 Å². The van der Waals surface area contributed by atoms with Crippen LogP contribution in [0.1, 0.15) is 38.7 Å². The number of halogens is 1. The summed E-state index contributed by atoms with van der Waals surface area (Å²) in [4.78, 5) is 4.62. The molecule has 0 fully saturated rings. The number of nitrogens with one attached hydrogen (secondary N) is 2. The molecule has 25 heavy (non-hydrogen) atoms. The number of benzene rings is 1. The van der Waals surface area contributed by atoms with Crippen molar-refractivity contribution in [3.05, 3.63) is 23.8 Å². The summed E-state index contributed by atoms with van der Waals surface area (Å²) in [6.07, 6.45) is 8.83. The van der Waals surface area contributed by atoms with Gasteiger partial charge in [-0.15, -0.1) is 30.4 Å². The summed E-state index contributed by atoms with van der Waals surface area (Å²) in [5.74, 6) is 4.60.